The van der Waals surface area contributed by atoms with Gasteiger partial charge in [0.15, 0.2) is 0 Å². The molecule has 0 aliphatic rings. The molecule has 0 fully saturated rings. The monoisotopic (exact) mass is 260 g/mol. The number of aromatic nitrogens is 1. The van der Waals surface area contributed by atoms with Gasteiger partial charge in [-0.1, -0.05) is 23.4 Å². The van der Waals surface area contributed by atoms with E-state index >= 15 is 0 Å². The van der Waals surface area contributed by atoms with Crippen molar-refractivity contribution in [2.45, 2.75) is 6.92 Å². The van der Waals surface area contributed by atoms with Crippen LogP contribution in [0, 0.1) is 6.92 Å². The minimum absolute atomic E-state index is 0.197. The molecule has 0 atom stereocenters. The van der Waals surface area contributed by atoms with E-state index in [-0.39, 0.29) is 11.7 Å². The van der Waals surface area contributed by atoms with E-state index in [0.29, 0.717) is 18.8 Å². The van der Waals surface area contributed by atoms with Gasteiger partial charge in [0.1, 0.15) is 12.4 Å². The number of amides is 1. The van der Waals surface area contributed by atoms with Gasteiger partial charge in [0, 0.05) is 13.1 Å². The van der Waals surface area contributed by atoms with Crippen molar-refractivity contribution in [3.63, 3.8) is 0 Å². The standard InChI is InChI=1S/C14H16N2O3/c1-11-10-13(19-15-11)14(17)16(2)8-9-18-12-6-4-3-5-7-12/h3-7,10H,8-9H2,1-2H3. The summed E-state index contributed by atoms with van der Waals surface area (Å²) >= 11 is 0. The first kappa shape index (κ1) is 13.1. The Hall–Kier alpha value is -2.30. The summed E-state index contributed by atoms with van der Waals surface area (Å²) in [5, 5.41) is 3.69. The van der Waals surface area contributed by atoms with Crippen LogP contribution in [0.25, 0.3) is 0 Å². The van der Waals surface area contributed by atoms with Gasteiger partial charge >= 0.3 is 0 Å². The molecule has 0 radical (unpaired) electrons. The molecule has 0 aliphatic heterocycles. The molecule has 1 aromatic heterocycles. The Morgan fingerprint density at radius 2 is 2.11 bits per heavy atom. The minimum atomic E-state index is -0.197. The van der Waals surface area contributed by atoms with Crippen molar-refractivity contribution in [3.05, 3.63) is 47.9 Å². The predicted molar refractivity (Wildman–Crippen MR) is 70.1 cm³/mol. The molecule has 0 spiro atoms. The molecular weight excluding hydrogens is 244 g/mol. The second-order valence-electron chi connectivity index (χ2n) is 4.22. The molecule has 2 aromatic rings. The van der Waals surface area contributed by atoms with Gasteiger partial charge in [-0.2, -0.15) is 0 Å². The number of para-hydroxylation sites is 1. The Labute approximate surface area is 111 Å². The second kappa shape index (κ2) is 6.04. The number of nitrogens with zero attached hydrogens (tertiary/aromatic N) is 2. The van der Waals surface area contributed by atoms with Crippen LogP contribution < -0.4 is 4.74 Å². The Morgan fingerprint density at radius 1 is 1.37 bits per heavy atom. The quantitative estimate of drug-likeness (QED) is 0.826. The van der Waals surface area contributed by atoms with Crippen LogP contribution in [-0.2, 0) is 0 Å². The second-order valence-corrected chi connectivity index (χ2v) is 4.22. The Kier molecular flexibility index (Phi) is 4.18. The number of likely N-dealkylation sites (N-methyl/N-ethyl adjacent to an activating group) is 1. The molecule has 5 nitrogen and oxygen atoms in total. The maximum atomic E-state index is 11.9. The van der Waals surface area contributed by atoms with E-state index in [4.69, 9.17) is 9.26 Å². The Bertz CT molecular complexity index is 537. The number of ether oxygens (including phenoxy) is 1. The first-order valence-corrected chi connectivity index (χ1v) is 6.03. The number of aryl methyl sites for hydroxylation is 1. The summed E-state index contributed by atoms with van der Waals surface area (Å²) in [7, 11) is 1.70. The van der Waals surface area contributed by atoms with Gasteiger partial charge in [-0.15, -0.1) is 0 Å². The van der Waals surface area contributed by atoms with E-state index in [0.717, 1.165) is 5.75 Å². The van der Waals surface area contributed by atoms with E-state index in [1.54, 1.807) is 24.9 Å². The lowest BCUT2D eigenvalue weighted by molar-refractivity contribution is 0.0732. The van der Waals surface area contributed by atoms with Gasteiger partial charge in [0.05, 0.1) is 12.2 Å². The molecule has 0 bridgehead atoms. The van der Waals surface area contributed by atoms with Gasteiger partial charge in [0.25, 0.3) is 5.91 Å². The third-order valence-corrected chi connectivity index (χ3v) is 2.62. The molecule has 1 aromatic carbocycles. The van der Waals surface area contributed by atoms with Crippen molar-refractivity contribution in [1.82, 2.24) is 10.1 Å². The molecule has 0 N–H and O–H groups in total. The first-order valence-electron chi connectivity index (χ1n) is 6.03. The molecule has 0 saturated heterocycles. The van der Waals surface area contributed by atoms with Gasteiger partial charge in [-0.25, -0.2) is 0 Å². The molecule has 0 unspecified atom stereocenters. The summed E-state index contributed by atoms with van der Waals surface area (Å²) in [6.07, 6.45) is 0. The lowest BCUT2D eigenvalue weighted by atomic mass is 10.3. The number of carbonyl (C=O) groups excluding carboxylic acids is 1. The highest BCUT2D eigenvalue weighted by molar-refractivity contribution is 5.91. The van der Waals surface area contributed by atoms with Crippen LogP contribution in [0.5, 0.6) is 5.75 Å². The highest BCUT2D eigenvalue weighted by Crippen LogP contribution is 2.09. The van der Waals surface area contributed by atoms with Crippen molar-refractivity contribution >= 4 is 5.91 Å². The normalized spacial score (nSPS) is 10.2. The molecule has 5 heteroatoms. The van der Waals surface area contributed by atoms with E-state index < -0.39 is 0 Å². The van der Waals surface area contributed by atoms with Crippen LogP contribution in [-0.4, -0.2) is 36.2 Å². The molecular formula is C14H16N2O3. The fourth-order valence-electron chi connectivity index (χ4n) is 1.57. The highest BCUT2D eigenvalue weighted by atomic mass is 16.5. The Morgan fingerprint density at radius 3 is 2.74 bits per heavy atom. The minimum Gasteiger partial charge on any atom is -0.492 e. The largest absolute Gasteiger partial charge is 0.492 e. The molecule has 1 amide bonds. The van der Waals surface area contributed by atoms with Crippen molar-refractivity contribution in [2.75, 3.05) is 20.2 Å². The van der Waals surface area contributed by atoms with Gasteiger partial charge in [0.2, 0.25) is 5.76 Å². The van der Waals surface area contributed by atoms with E-state index in [2.05, 4.69) is 5.16 Å². The van der Waals surface area contributed by atoms with Crippen LogP contribution in [0.15, 0.2) is 40.9 Å². The third-order valence-electron chi connectivity index (χ3n) is 2.62. The number of hydrogen-bond acceptors (Lipinski definition) is 4. The predicted octanol–water partition coefficient (Wildman–Crippen LogP) is 2.13. The van der Waals surface area contributed by atoms with E-state index in [9.17, 15) is 4.79 Å². The molecule has 1 heterocycles. The highest BCUT2D eigenvalue weighted by Gasteiger charge is 2.16. The molecule has 0 saturated carbocycles. The van der Waals surface area contributed by atoms with Crippen molar-refractivity contribution < 1.29 is 14.1 Å². The molecule has 19 heavy (non-hydrogen) atoms. The van der Waals surface area contributed by atoms with Crippen molar-refractivity contribution in [3.8, 4) is 5.75 Å². The van der Waals surface area contributed by atoms with Gasteiger partial charge in [-0.05, 0) is 19.1 Å². The average Bonchev–Trinajstić information content (AvgIpc) is 2.85. The zero-order valence-electron chi connectivity index (χ0n) is 11.0. The number of benzene rings is 1. The molecule has 0 aliphatic carbocycles. The summed E-state index contributed by atoms with van der Waals surface area (Å²) in [5.74, 6) is 0.843. The number of carbonyl (C=O) groups is 1. The summed E-state index contributed by atoms with van der Waals surface area (Å²) in [6, 6.07) is 11.1. The van der Waals surface area contributed by atoms with Crippen LogP contribution >= 0.6 is 0 Å². The van der Waals surface area contributed by atoms with Crippen LogP contribution in [0.1, 0.15) is 16.2 Å². The third kappa shape index (κ3) is 3.58. The average molecular weight is 260 g/mol. The van der Waals surface area contributed by atoms with E-state index in [1.165, 1.54) is 0 Å². The Balaban J connectivity index is 1.81. The zero-order chi connectivity index (χ0) is 13.7. The van der Waals surface area contributed by atoms with Crippen LogP contribution in [0.2, 0.25) is 0 Å². The zero-order valence-corrected chi connectivity index (χ0v) is 11.0. The first-order chi connectivity index (χ1) is 9.16. The van der Waals surface area contributed by atoms with Gasteiger partial charge in [-0.3, -0.25) is 4.79 Å². The lowest BCUT2D eigenvalue weighted by Crippen LogP contribution is -2.30. The van der Waals surface area contributed by atoms with E-state index in [1.807, 2.05) is 30.3 Å². The summed E-state index contributed by atoms with van der Waals surface area (Å²) in [5.41, 5.74) is 0.692. The smallest absolute Gasteiger partial charge is 0.292 e. The number of hydrogen-bond donors (Lipinski definition) is 0. The summed E-state index contributed by atoms with van der Waals surface area (Å²) < 4.78 is 10.5. The van der Waals surface area contributed by atoms with Crippen LogP contribution in [0.3, 0.4) is 0 Å². The maximum Gasteiger partial charge on any atom is 0.292 e. The number of rotatable bonds is 5. The lowest BCUT2D eigenvalue weighted by Gasteiger charge is -2.15. The fraction of sp³-hybridized carbons (Fsp3) is 0.286. The van der Waals surface area contributed by atoms with Crippen molar-refractivity contribution in [1.29, 1.82) is 0 Å². The summed E-state index contributed by atoms with van der Waals surface area (Å²) in [6.45, 7) is 2.69. The maximum absolute atomic E-state index is 11.9. The summed E-state index contributed by atoms with van der Waals surface area (Å²) in [4.78, 5) is 13.5. The topological polar surface area (TPSA) is 55.6 Å². The van der Waals surface area contributed by atoms with Gasteiger partial charge < -0.3 is 14.2 Å². The molecule has 2 rings (SSSR count). The SMILES string of the molecule is Cc1cc(C(=O)N(C)CCOc2ccccc2)on1. The fourth-order valence-corrected chi connectivity index (χ4v) is 1.57. The van der Waals surface area contributed by atoms with Crippen molar-refractivity contribution in [2.24, 2.45) is 0 Å². The van der Waals surface area contributed by atoms with Crippen LogP contribution in [0.4, 0.5) is 0 Å². The molecule has 100 valence electrons.